The number of halogens is 1. The molecule has 2 aromatic rings. The Hall–Kier alpha value is -2.29. The topological polar surface area (TPSA) is 87.5 Å². The molecular formula is C19H21ClN4O3S. The summed E-state index contributed by atoms with van der Waals surface area (Å²) < 4.78 is 0. The van der Waals surface area contributed by atoms with Crippen LogP contribution in [0, 0.1) is 10.1 Å². The van der Waals surface area contributed by atoms with Crippen molar-refractivity contribution < 1.29 is 9.72 Å². The third-order valence-corrected chi connectivity index (χ3v) is 5.75. The quantitative estimate of drug-likeness (QED) is 0.512. The van der Waals surface area contributed by atoms with Crippen LogP contribution in [0.3, 0.4) is 0 Å². The Bertz CT molecular complexity index is 859. The van der Waals surface area contributed by atoms with Crippen LogP contribution in [0.25, 0.3) is 0 Å². The molecule has 0 spiro atoms. The molecule has 0 atom stereocenters. The summed E-state index contributed by atoms with van der Waals surface area (Å²) in [5.74, 6) is -0.136. The minimum absolute atomic E-state index is 0.0301. The molecule has 7 nitrogen and oxygen atoms in total. The fraction of sp³-hybridized carbons (Fsp3) is 0.316. The van der Waals surface area contributed by atoms with Gasteiger partial charge in [-0.05, 0) is 50.2 Å². The van der Waals surface area contributed by atoms with Crippen LogP contribution in [0.2, 0.25) is 5.02 Å². The maximum atomic E-state index is 12.2. The molecule has 1 aliphatic rings. The van der Waals surface area contributed by atoms with Crippen molar-refractivity contribution >= 4 is 40.6 Å². The molecule has 0 radical (unpaired) electrons. The van der Waals surface area contributed by atoms with Gasteiger partial charge in [0.2, 0.25) is 0 Å². The van der Waals surface area contributed by atoms with Gasteiger partial charge in [-0.1, -0.05) is 41.9 Å². The molecule has 1 saturated heterocycles. The molecule has 2 aromatic carbocycles. The number of amides is 1. The number of rotatable bonds is 7. The molecule has 148 valence electrons. The highest BCUT2D eigenvalue weighted by atomic mass is 35.5. The summed E-state index contributed by atoms with van der Waals surface area (Å²) >= 11 is 7.33. The summed E-state index contributed by atoms with van der Waals surface area (Å²) in [7, 11) is 0. The molecule has 0 aromatic heterocycles. The predicted molar refractivity (Wildman–Crippen MR) is 111 cm³/mol. The first-order valence-corrected chi connectivity index (χ1v) is 10.2. The zero-order valence-corrected chi connectivity index (χ0v) is 16.8. The summed E-state index contributed by atoms with van der Waals surface area (Å²) in [6, 6.07) is 11.7. The highest BCUT2D eigenvalue weighted by Crippen LogP contribution is 2.39. The van der Waals surface area contributed by atoms with E-state index in [4.69, 9.17) is 11.6 Å². The van der Waals surface area contributed by atoms with Gasteiger partial charge in [0.1, 0.15) is 0 Å². The Balaban J connectivity index is 1.69. The number of piperidine rings is 1. The van der Waals surface area contributed by atoms with Crippen molar-refractivity contribution in [3.8, 4) is 0 Å². The van der Waals surface area contributed by atoms with E-state index in [0.717, 1.165) is 30.8 Å². The van der Waals surface area contributed by atoms with Crippen LogP contribution in [0.5, 0.6) is 0 Å². The fourth-order valence-electron chi connectivity index (χ4n) is 3.00. The number of nitro benzene ring substituents is 1. The lowest BCUT2D eigenvalue weighted by Crippen LogP contribution is -2.41. The number of hydrazine groups is 1. The fourth-order valence-corrected chi connectivity index (χ4v) is 4.16. The number of anilines is 1. The van der Waals surface area contributed by atoms with E-state index in [2.05, 4.69) is 15.8 Å². The minimum atomic E-state index is -0.411. The molecule has 1 fully saturated rings. The largest absolute Gasteiger partial charge is 0.297 e. The van der Waals surface area contributed by atoms with Gasteiger partial charge >= 0.3 is 0 Å². The van der Waals surface area contributed by atoms with Crippen LogP contribution in [0.1, 0.15) is 19.3 Å². The average molecular weight is 421 g/mol. The first-order valence-electron chi connectivity index (χ1n) is 9.01. The van der Waals surface area contributed by atoms with Crippen molar-refractivity contribution in [3.05, 3.63) is 57.6 Å². The van der Waals surface area contributed by atoms with Gasteiger partial charge in [-0.15, -0.1) is 0 Å². The highest BCUT2D eigenvalue weighted by Gasteiger charge is 2.17. The maximum Gasteiger partial charge on any atom is 0.283 e. The van der Waals surface area contributed by atoms with Gasteiger partial charge in [-0.25, -0.2) is 0 Å². The summed E-state index contributed by atoms with van der Waals surface area (Å²) in [5.41, 5.74) is 6.23. The SMILES string of the molecule is O=C(CN1CCCCC1)NNc1cc(Cl)ccc1Sc1ccccc1[N+](=O)[O-]. The number of para-hydroxylation sites is 1. The highest BCUT2D eigenvalue weighted by molar-refractivity contribution is 7.99. The zero-order chi connectivity index (χ0) is 19.9. The van der Waals surface area contributed by atoms with Crippen LogP contribution in [0.15, 0.2) is 52.3 Å². The standard InChI is InChI=1S/C19H21ClN4O3S/c20-14-8-9-17(28-18-7-3-2-6-16(18)24(26)27)15(12-14)21-22-19(25)13-23-10-4-1-5-11-23/h2-3,6-9,12,21H,1,4-5,10-11,13H2,(H,22,25). The number of hydrogen-bond acceptors (Lipinski definition) is 6. The molecule has 0 unspecified atom stereocenters. The Morgan fingerprint density at radius 2 is 1.89 bits per heavy atom. The third-order valence-electron chi connectivity index (χ3n) is 4.38. The van der Waals surface area contributed by atoms with Crippen molar-refractivity contribution in [3.63, 3.8) is 0 Å². The summed E-state index contributed by atoms with van der Waals surface area (Å²) in [6.45, 7) is 2.20. The number of hydrogen-bond donors (Lipinski definition) is 2. The number of nitro groups is 1. The predicted octanol–water partition coefficient (Wildman–Crippen LogP) is 4.33. The van der Waals surface area contributed by atoms with Gasteiger partial charge in [-0.3, -0.25) is 30.7 Å². The summed E-state index contributed by atoms with van der Waals surface area (Å²) in [4.78, 5) is 26.4. The van der Waals surface area contributed by atoms with Crippen molar-refractivity contribution in [1.82, 2.24) is 10.3 Å². The van der Waals surface area contributed by atoms with Gasteiger partial charge in [-0.2, -0.15) is 0 Å². The van der Waals surface area contributed by atoms with Crippen LogP contribution >= 0.6 is 23.4 Å². The first-order chi connectivity index (χ1) is 13.5. The third kappa shape index (κ3) is 5.60. The van der Waals surface area contributed by atoms with Crippen molar-refractivity contribution in [1.29, 1.82) is 0 Å². The molecule has 0 bridgehead atoms. The Morgan fingerprint density at radius 3 is 2.64 bits per heavy atom. The van der Waals surface area contributed by atoms with Crippen molar-refractivity contribution in [2.24, 2.45) is 0 Å². The molecule has 1 heterocycles. The second-order valence-electron chi connectivity index (χ2n) is 6.48. The molecule has 9 heteroatoms. The number of benzene rings is 2. The van der Waals surface area contributed by atoms with Crippen molar-refractivity contribution in [2.45, 2.75) is 29.1 Å². The van der Waals surface area contributed by atoms with E-state index in [1.54, 1.807) is 36.4 Å². The Morgan fingerprint density at radius 1 is 1.14 bits per heavy atom. The van der Waals surface area contributed by atoms with E-state index in [1.165, 1.54) is 24.2 Å². The number of carbonyl (C=O) groups excluding carboxylic acids is 1. The van der Waals surface area contributed by atoms with E-state index in [9.17, 15) is 14.9 Å². The van der Waals surface area contributed by atoms with Gasteiger partial charge in [0, 0.05) is 16.0 Å². The lowest BCUT2D eigenvalue weighted by Gasteiger charge is -2.25. The van der Waals surface area contributed by atoms with Crippen molar-refractivity contribution in [2.75, 3.05) is 25.1 Å². The van der Waals surface area contributed by atoms with E-state index in [0.29, 0.717) is 22.2 Å². The number of nitrogens with one attached hydrogen (secondary N) is 2. The van der Waals surface area contributed by atoms with Gasteiger partial charge in [0.05, 0.1) is 22.1 Å². The van der Waals surface area contributed by atoms with E-state index < -0.39 is 4.92 Å². The molecule has 2 N–H and O–H groups in total. The smallest absolute Gasteiger partial charge is 0.283 e. The molecule has 3 rings (SSSR count). The first kappa shape index (κ1) is 20.4. The molecule has 0 aliphatic carbocycles. The zero-order valence-electron chi connectivity index (χ0n) is 15.2. The second kappa shape index (κ2) is 9.77. The molecule has 1 aliphatic heterocycles. The lowest BCUT2D eigenvalue weighted by atomic mass is 10.1. The lowest BCUT2D eigenvalue weighted by molar-refractivity contribution is -0.387. The number of carbonyl (C=O) groups is 1. The monoisotopic (exact) mass is 420 g/mol. The van der Waals surface area contributed by atoms with Gasteiger partial charge in [0.25, 0.3) is 11.6 Å². The van der Waals surface area contributed by atoms with Gasteiger partial charge in [0.15, 0.2) is 0 Å². The van der Waals surface area contributed by atoms with Crippen LogP contribution in [-0.2, 0) is 4.79 Å². The Kier molecular flexibility index (Phi) is 7.13. The minimum Gasteiger partial charge on any atom is -0.297 e. The van der Waals surface area contributed by atoms with E-state index in [-0.39, 0.29) is 11.6 Å². The Labute approximate surface area is 172 Å². The normalized spacial score (nSPS) is 14.5. The molecule has 1 amide bonds. The summed E-state index contributed by atoms with van der Waals surface area (Å²) in [5, 5.41) is 11.7. The summed E-state index contributed by atoms with van der Waals surface area (Å²) in [6.07, 6.45) is 3.45. The van der Waals surface area contributed by atoms with E-state index >= 15 is 0 Å². The van der Waals surface area contributed by atoms with Crippen LogP contribution in [-0.4, -0.2) is 35.4 Å². The van der Waals surface area contributed by atoms with E-state index in [1.807, 2.05) is 0 Å². The molecule has 28 heavy (non-hydrogen) atoms. The maximum absolute atomic E-state index is 12.2. The number of nitrogens with zero attached hydrogens (tertiary/aromatic N) is 2. The van der Waals surface area contributed by atoms with Crippen LogP contribution < -0.4 is 10.9 Å². The molecular weight excluding hydrogens is 400 g/mol. The van der Waals surface area contributed by atoms with Gasteiger partial charge < -0.3 is 0 Å². The van der Waals surface area contributed by atoms with Crippen LogP contribution in [0.4, 0.5) is 11.4 Å². The number of likely N-dealkylation sites (tertiary alicyclic amines) is 1. The second-order valence-corrected chi connectivity index (χ2v) is 8.00. The molecule has 0 saturated carbocycles. The average Bonchev–Trinajstić information content (AvgIpc) is 2.69.